The minimum Gasteiger partial charge on any atom is -0.481 e. The molecule has 6 heteroatoms. The van der Waals surface area contributed by atoms with Crippen LogP contribution >= 0.6 is 0 Å². The van der Waals surface area contributed by atoms with Crippen molar-refractivity contribution in [3.63, 3.8) is 0 Å². The summed E-state index contributed by atoms with van der Waals surface area (Å²) in [6, 6.07) is 0. The SMILES string of the molecule is CCCC[C@@](C)(OC)C(O)C=CC1C(O)CC(=O)C1CCCCCCC(=O)O. The third-order valence-corrected chi connectivity index (χ3v) is 6.02. The lowest BCUT2D eigenvalue weighted by molar-refractivity contribution is -0.137. The molecule has 4 unspecified atom stereocenters. The first-order valence-corrected chi connectivity index (χ1v) is 10.6. The van der Waals surface area contributed by atoms with Gasteiger partial charge in [-0.15, -0.1) is 0 Å². The molecule has 6 nitrogen and oxygen atoms in total. The zero-order valence-electron chi connectivity index (χ0n) is 17.6. The van der Waals surface area contributed by atoms with Crippen molar-refractivity contribution in [2.45, 2.75) is 95.9 Å². The second kappa shape index (κ2) is 12.3. The van der Waals surface area contributed by atoms with E-state index in [1.807, 2.05) is 6.92 Å². The molecule has 0 aromatic carbocycles. The van der Waals surface area contributed by atoms with Crippen molar-refractivity contribution in [2.75, 3.05) is 7.11 Å². The summed E-state index contributed by atoms with van der Waals surface area (Å²) < 4.78 is 5.54. The maximum absolute atomic E-state index is 12.3. The van der Waals surface area contributed by atoms with E-state index in [-0.39, 0.29) is 30.5 Å². The molecule has 0 saturated heterocycles. The number of aliphatic carboxylic acids is 1. The number of hydrogen-bond acceptors (Lipinski definition) is 5. The normalized spacial score (nSPS) is 25.9. The van der Waals surface area contributed by atoms with Gasteiger partial charge in [-0.3, -0.25) is 9.59 Å². The van der Waals surface area contributed by atoms with E-state index in [1.165, 1.54) is 0 Å². The van der Waals surface area contributed by atoms with Crippen LogP contribution in [0.1, 0.15) is 78.1 Å². The summed E-state index contributed by atoms with van der Waals surface area (Å²) in [7, 11) is 1.59. The molecular weight excluding hydrogens is 360 g/mol. The van der Waals surface area contributed by atoms with Crippen LogP contribution in [-0.4, -0.2) is 52.0 Å². The fourth-order valence-corrected chi connectivity index (χ4v) is 3.92. The minimum absolute atomic E-state index is 0.0719. The summed E-state index contributed by atoms with van der Waals surface area (Å²) in [4.78, 5) is 22.8. The first-order chi connectivity index (χ1) is 13.2. The average molecular weight is 399 g/mol. The maximum atomic E-state index is 12.3. The highest BCUT2D eigenvalue weighted by atomic mass is 16.5. The van der Waals surface area contributed by atoms with Crippen LogP contribution in [0.15, 0.2) is 12.2 Å². The molecule has 0 aromatic rings. The van der Waals surface area contributed by atoms with Crippen LogP contribution in [0.5, 0.6) is 0 Å². The Morgan fingerprint density at radius 1 is 1.29 bits per heavy atom. The molecule has 0 aromatic heterocycles. The van der Waals surface area contributed by atoms with Crippen molar-refractivity contribution >= 4 is 11.8 Å². The lowest BCUT2D eigenvalue weighted by Gasteiger charge is -2.32. The van der Waals surface area contributed by atoms with Crippen molar-refractivity contribution < 1.29 is 29.6 Å². The van der Waals surface area contributed by atoms with E-state index in [2.05, 4.69) is 6.92 Å². The quantitative estimate of drug-likeness (QED) is 0.306. The number of carbonyl (C=O) groups excluding carboxylic acids is 1. The Morgan fingerprint density at radius 2 is 1.96 bits per heavy atom. The molecule has 1 fully saturated rings. The number of unbranched alkanes of at least 4 members (excludes halogenated alkanes) is 4. The van der Waals surface area contributed by atoms with E-state index in [1.54, 1.807) is 19.3 Å². The molecule has 0 aliphatic heterocycles. The largest absolute Gasteiger partial charge is 0.481 e. The number of hydrogen-bond donors (Lipinski definition) is 3. The number of carboxylic acids is 1. The van der Waals surface area contributed by atoms with Crippen molar-refractivity contribution in [3.05, 3.63) is 12.2 Å². The van der Waals surface area contributed by atoms with Crippen LogP contribution in [0.25, 0.3) is 0 Å². The zero-order chi connectivity index (χ0) is 21.2. The Bertz CT molecular complexity index is 517. The van der Waals surface area contributed by atoms with Gasteiger partial charge in [-0.05, 0) is 26.2 Å². The highest BCUT2D eigenvalue weighted by Gasteiger charge is 2.40. The second-order valence-electron chi connectivity index (χ2n) is 8.22. The number of methoxy groups -OCH3 is 1. The van der Waals surface area contributed by atoms with Crippen LogP contribution in [0, 0.1) is 11.8 Å². The van der Waals surface area contributed by atoms with Crippen LogP contribution in [-0.2, 0) is 14.3 Å². The summed E-state index contributed by atoms with van der Waals surface area (Å²) in [5.74, 6) is -1.22. The predicted octanol–water partition coefficient (Wildman–Crippen LogP) is 3.49. The van der Waals surface area contributed by atoms with Crippen LogP contribution in [0.3, 0.4) is 0 Å². The monoisotopic (exact) mass is 398 g/mol. The molecular formula is C22H38O6. The smallest absolute Gasteiger partial charge is 0.303 e. The summed E-state index contributed by atoms with van der Waals surface area (Å²) in [5.41, 5.74) is -0.681. The van der Waals surface area contributed by atoms with Gasteiger partial charge < -0.3 is 20.1 Å². The minimum atomic E-state index is -0.802. The Balaban J connectivity index is 2.61. The second-order valence-corrected chi connectivity index (χ2v) is 8.22. The van der Waals surface area contributed by atoms with Gasteiger partial charge >= 0.3 is 5.97 Å². The van der Waals surface area contributed by atoms with E-state index in [0.717, 1.165) is 38.5 Å². The highest BCUT2D eigenvalue weighted by Crippen LogP contribution is 2.35. The summed E-state index contributed by atoms with van der Waals surface area (Å²) in [6.07, 6.45) is 8.87. The lowest BCUT2D eigenvalue weighted by Crippen LogP contribution is -2.40. The van der Waals surface area contributed by atoms with E-state index < -0.39 is 23.8 Å². The van der Waals surface area contributed by atoms with Gasteiger partial charge in [0.1, 0.15) is 11.9 Å². The van der Waals surface area contributed by atoms with Gasteiger partial charge in [-0.1, -0.05) is 51.2 Å². The average Bonchev–Trinajstić information content (AvgIpc) is 2.92. The Morgan fingerprint density at radius 3 is 2.57 bits per heavy atom. The highest BCUT2D eigenvalue weighted by molar-refractivity contribution is 5.84. The zero-order valence-corrected chi connectivity index (χ0v) is 17.6. The van der Waals surface area contributed by atoms with E-state index in [4.69, 9.17) is 9.84 Å². The van der Waals surface area contributed by atoms with Gasteiger partial charge in [-0.25, -0.2) is 0 Å². The predicted molar refractivity (Wildman–Crippen MR) is 108 cm³/mol. The molecule has 1 aliphatic rings. The summed E-state index contributed by atoms with van der Waals surface area (Å²) >= 11 is 0. The molecule has 0 bridgehead atoms. The first kappa shape index (κ1) is 24.8. The molecule has 0 spiro atoms. The number of Topliss-reactive ketones (excluding diaryl/α,β-unsaturated/α-hetero) is 1. The molecule has 1 saturated carbocycles. The number of ketones is 1. The first-order valence-electron chi connectivity index (χ1n) is 10.6. The number of carboxylic acid groups (broad SMARTS) is 1. The standard InChI is InChI=1S/C22H38O6/c1-4-5-14-22(2,28-3)20(25)13-12-17-16(18(23)15-19(17)24)10-8-6-7-9-11-21(26)27/h12-13,16-17,19-20,24-25H,4-11,14-15H2,1-3H3,(H,26,27)/t16?,17?,19?,20?,22-/m1/s1. The number of aliphatic hydroxyl groups is 2. The molecule has 28 heavy (non-hydrogen) atoms. The van der Waals surface area contributed by atoms with Crippen molar-refractivity contribution in [1.82, 2.24) is 0 Å². The number of carbonyl (C=O) groups is 2. The van der Waals surface area contributed by atoms with Gasteiger partial charge in [0.05, 0.1) is 11.7 Å². The molecule has 5 atom stereocenters. The fourth-order valence-electron chi connectivity index (χ4n) is 3.92. The Hall–Kier alpha value is -1.24. The van der Waals surface area contributed by atoms with Gasteiger partial charge in [0.2, 0.25) is 0 Å². The van der Waals surface area contributed by atoms with Crippen molar-refractivity contribution in [1.29, 1.82) is 0 Å². The van der Waals surface area contributed by atoms with E-state index >= 15 is 0 Å². The van der Waals surface area contributed by atoms with Crippen LogP contribution in [0.4, 0.5) is 0 Å². The Labute approximate surface area is 169 Å². The third kappa shape index (κ3) is 7.64. The maximum Gasteiger partial charge on any atom is 0.303 e. The molecule has 3 N–H and O–H groups in total. The fraction of sp³-hybridized carbons (Fsp3) is 0.818. The van der Waals surface area contributed by atoms with Gasteiger partial charge in [0, 0.05) is 31.8 Å². The summed E-state index contributed by atoms with van der Waals surface area (Å²) in [5, 5.41) is 29.5. The molecule has 162 valence electrons. The molecule has 1 rings (SSSR count). The number of aliphatic hydroxyl groups excluding tert-OH is 2. The van der Waals surface area contributed by atoms with Crippen molar-refractivity contribution in [3.8, 4) is 0 Å². The Kier molecular flexibility index (Phi) is 10.9. The third-order valence-electron chi connectivity index (χ3n) is 6.02. The topological polar surface area (TPSA) is 104 Å². The van der Waals surface area contributed by atoms with Gasteiger partial charge in [0.25, 0.3) is 0 Å². The number of ether oxygens (including phenoxy) is 1. The molecule has 0 heterocycles. The van der Waals surface area contributed by atoms with Crippen LogP contribution < -0.4 is 0 Å². The van der Waals surface area contributed by atoms with E-state index in [0.29, 0.717) is 12.8 Å². The van der Waals surface area contributed by atoms with Gasteiger partial charge in [-0.2, -0.15) is 0 Å². The molecule has 0 radical (unpaired) electrons. The van der Waals surface area contributed by atoms with Crippen LogP contribution in [0.2, 0.25) is 0 Å². The lowest BCUT2D eigenvalue weighted by atomic mass is 9.86. The molecule has 0 amide bonds. The van der Waals surface area contributed by atoms with Gasteiger partial charge in [0.15, 0.2) is 0 Å². The van der Waals surface area contributed by atoms with E-state index in [9.17, 15) is 19.8 Å². The van der Waals surface area contributed by atoms with Crippen molar-refractivity contribution in [2.24, 2.45) is 11.8 Å². The number of rotatable bonds is 14. The summed E-state index contributed by atoms with van der Waals surface area (Å²) in [6.45, 7) is 3.97. The molecule has 1 aliphatic carbocycles.